The van der Waals surface area contributed by atoms with Crippen molar-refractivity contribution in [2.24, 2.45) is 0 Å². The summed E-state index contributed by atoms with van der Waals surface area (Å²) in [6.45, 7) is 2.03. The van der Waals surface area contributed by atoms with Crippen LogP contribution in [0, 0.1) is 0 Å². The highest BCUT2D eigenvalue weighted by Gasteiger charge is 2.35. The maximum absolute atomic E-state index is 13.1. The summed E-state index contributed by atoms with van der Waals surface area (Å²) >= 11 is 5.45. The average molecular weight is 437 g/mol. The molecule has 1 fully saturated rings. The summed E-state index contributed by atoms with van der Waals surface area (Å²) in [5, 5.41) is 0.694. The molecule has 0 bridgehead atoms. The van der Waals surface area contributed by atoms with E-state index in [1.807, 2.05) is 48.0 Å². The molecule has 3 unspecified atom stereocenters. The van der Waals surface area contributed by atoms with Gasteiger partial charge >= 0.3 is 0 Å². The molecule has 2 aliphatic rings. The lowest BCUT2D eigenvalue weighted by Crippen LogP contribution is -2.53. The van der Waals surface area contributed by atoms with Crippen LogP contribution in [0.3, 0.4) is 0 Å². The van der Waals surface area contributed by atoms with Gasteiger partial charge in [0.25, 0.3) is 5.91 Å². The minimum Gasteiger partial charge on any atom is -0.337 e. The van der Waals surface area contributed by atoms with Gasteiger partial charge in [0.15, 0.2) is 0 Å². The number of carbonyl (C=O) groups excluding carboxylic acids is 1. The number of thioether (sulfide) groups is 1. The van der Waals surface area contributed by atoms with Crippen molar-refractivity contribution in [2.45, 2.75) is 49.4 Å². The zero-order valence-electron chi connectivity index (χ0n) is 15.7. The van der Waals surface area contributed by atoms with Crippen LogP contribution in [0.25, 0.3) is 0 Å². The standard InChI is InChI=1S/C21H29BrN2OS/c1-23(21(25)16-9-11-17(22)12-10-16)19-8-4-3-7-18(26-2)15-20(19)24-13-5-6-14-24/h5-6,9-12,18-20H,3-4,7-8,13-15H2,1-2H3. The van der Waals surface area contributed by atoms with Crippen LogP contribution in [0.2, 0.25) is 0 Å². The molecule has 0 N–H and O–H groups in total. The summed E-state index contributed by atoms with van der Waals surface area (Å²) in [6, 6.07) is 8.45. The van der Waals surface area contributed by atoms with Gasteiger partial charge in [0, 0.05) is 47.5 Å². The Balaban J connectivity index is 1.81. The van der Waals surface area contributed by atoms with Gasteiger partial charge in [-0.05, 0) is 49.8 Å². The minimum atomic E-state index is 0.140. The molecule has 0 radical (unpaired) electrons. The predicted octanol–water partition coefficient (Wildman–Crippen LogP) is 4.83. The second kappa shape index (κ2) is 9.43. The fourth-order valence-electron chi connectivity index (χ4n) is 4.23. The van der Waals surface area contributed by atoms with Crippen LogP contribution in [0.4, 0.5) is 0 Å². The van der Waals surface area contributed by atoms with Crippen molar-refractivity contribution >= 4 is 33.6 Å². The van der Waals surface area contributed by atoms with E-state index in [0.717, 1.165) is 29.5 Å². The minimum absolute atomic E-state index is 0.140. The zero-order valence-corrected chi connectivity index (χ0v) is 18.1. The molecule has 0 aromatic heterocycles. The van der Waals surface area contributed by atoms with Crippen LogP contribution >= 0.6 is 27.7 Å². The Morgan fingerprint density at radius 2 is 1.81 bits per heavy atom. The topological polar surface area (TPSA) is 23.6 Å². The predicted molar refractivity (Wildman–Crippen MR) is 115 cm³/mol. The van der Waals surface area contributed by atoms with Gasteiger partial charge in [0.2, 0.25) is 0 Å². The van der Waals surface area contributed by atoms with Gasteiger partial charge in [-0.25, -0.2) is 0 Å². The molecule has 1 amide bonds. The molecule has 1 saturated carbocycles. The second-order valence-electron chi connectivity index (χ2n) is 7.36. The fourth-order valence-corrected chi connectivity index (χ4v) is 5.29. The molecular formula is C21H29BrN2OS. The van der Waals surface area contributed by atoms with E-state index in [1.165, 1.54) is 25.7 Å². The first-order valence-corrected chi connectivity index (χ1v) is 11.6. The normalized spacial score (nSPS) is 27.1. The van der Waals surface area contributed by atoms with Gasteiger partial charge in [0.05, 0.1) is 0 Å². The van der Waals surface area contributed by atoms with E-state index in [0.29, 0.717) is 11.3 Å². The summed E-state index contributed by atoms with van der Waals surface area (Å²) < 4.78 is 1.01. The van der Waals surface area contributed by atoms with E-state index in [1.54, 1.807) is 0 Å². The lowest BCUT2D eigenvalue weighted by Gasteiger charge is -2.42. The molecular weight excluding hydrogens is 408 g/mol. The lowest BCUT2D eigenvalue weighted by molar-refractivity contribution is 0.0553. The maximum Gasteiger partial charge on any atom is 0.253 e. The first-order chi connectivity index (χ1) is 12.6. The summed E-state index contributed by atoms with van der Waals surface area (Å²) in [7, 11) is 2.00. The SMILES string of the molecule is CSC1CCCCC(N(C)C(=O)c2ccc(Br)cc2)C(N2CC=CC2)C1. The van der Waals surface area contributed by atoms with Gasteiger partial charge in [-0.1, -0.05) is 40.9 Å². The molecule has 0 saturated heterocycles. The highest BCUT2D eigenvalue weighted by atomic mass is 79.9. The van der Waals surface area contributed by atoms with Crippen molar-refractivity contribution < 1.29 is 4.79 Å². The Morgan fingerprint density at radius 1 is 1.15 bits per heavy atom. The Morgan fingerprint density at radius 3 is 2.46 bits per heavy atom. The number of hydrogen-bond acceptors (Lipinski definition) is 3. The zero-order chi connectivity index (χ0) is 18.5. The summed E-state index contributed by atoms with van der Waals surface area (Å²) in [4.78, 5) is 17.7. The second-order valence-corrected chi connectivity index (χ2v) is 9.41. The van der Waals surface area contributed by atoms with Gasteiger partial charge in [-0.2, -0.15) is 11.8 Å². The summed E-state index contributed by atoms with van der Waals surface area (Å²) in [5.41, 5.74) is 0.775. The Hall–Kier alpha value is -0.780. The van der Waals surface area contributed by atoms with Gasteiger partial charge < -0.3 is 4.90 Å². The number of benzene rings is 1. The van der Waals surface area contributed by atoms with Crippen LogP contribution in [0.5, 0.6) is 0 Å². The highest BCUT2D eigenvalue weighted by molar-refractivity contribution is 9.10. The number of hydrogen-bond donors (Lipinski definition) is 0. The highest BCUT2D eigenvalue weighted by Crippen LogP contribution is 2.31. The molecule has 3 atom stereocenters. The fraction of sp³-hybridized carbons (Fsp3) is 0.571. The monoisotopic (exact) mass is 436 g/mol. The van der Waals surface area contributed by atoms with Gasteiger partial charge in [0.1, 0.15) is 0 Å². The first-order valence-electron chi connectivity index (χ1n) is 9.54. The number of amides is 1. The molecule has 1 heterocycles. The summed E-state index contributed by atoms with van der Waals surface area (Å²) in [6.07, 6.45) is 12.8. The largest absolute Gasteiger partial charge is 0.337 e. The molecule has 1 aliphatic carbocycles. The van der Waals surface area contributed by atoms with Gasteiger partial charge in [-0.3, -0.25) is 9.69 Å². The number of halogens is 1. The maximum atomic E-state index is 13.1. The number of nitrogens with zero attached hydrogens (tertiary/aromatic N) is 2. The number of likely N-dealkylation sites (N-methyl/N-ethyl adjacent to an activating group) is 1. The van der Waals surface area contributed by atoms with Crippen molar-refractivity contribution in [1.29, 1.82) is 0 Å². The van der Waals surface area contributed by atoms with Crippen LogP contribution in [-0.4, -0.2) is 59.4 Å². The number of rotatable bonds is 4. The van der Waals surface area contributed by atoms with E-state index < -0.39 is 0 Å². The molecule has 5 heteroatoms. The molecule has 1 aliphatic heterocycles. The third-order valence-corrected chi connectivity index (χ3v) is 7.41. The van der Waals surface area contributed by atoms with Crippen LogP contribution in [0.1, 0.15) is 42.5 Å². The molecule has 3 nitrogen and oxygen atoms in total. The van der Waals surface area contributed by atoms with E-state index in [2.05, 4.69) is 39.2 Å². The quantitative estimate of drug-likeness (QED) is 0.631. The number of carbonyl (C=O) groups is 1. The van der Waals surface area contributed by atoms with Crippen molar-refractivity contribution in [3.63, 3.8) is 0 Å². The summed E-state index contributed by atoms with van der Waals surface area (Å²) in [5.74, 6) is 0.140. The van der Waals surface area contributed by atoms with Crippen molar-refractivity contribution in [3.05, 3.63) is 46.5 Å². The third kappa shape index (κ3) is 4.73. The van der Waals surface area contributed by atoms with Crippen LogP contribution < -0.4 is 0 Å². The Kier molecular flexibility index (Phi) is 7.24. The van der Waals surface area contributed by atoms with Crippen molar-refractivity contribution in [1.82, 2.24) is 9.80 Å². The Bertz CT molecular complexity index is 625. The average Bonchev–Trinajstić information content (AvgIpc) is 3.16. The van der Waals surface area contributed by atoms with Crippen LogP contribution in [0.15, 0.2) is 40.9 Å². The molecule has 3 rings (SSSR count). The lowest BCUT2D eigenvalue weighted by atomic mass is 9.89. The van der Waals surface area contributed by atoms with Gasteiger partial charge in [-0.15, -0.1) is 0 Å². The molecule has 1 aromatic rings. The van der Waals surface area contributed by atoms with Crippen molar-refractivity contribution in [2.75, 3.05) is 26.4 Å². The van der Waals surface area contributed by atoms with E-state index in [9.17, 15) is 4.79 Å². The van der Waals surface area contributed by atoms with E-state index >= 15 is 0 Å². The first kappa shape index (κ1) is 20.0. The van der Waals surface area contributed by atoms with Crippen molar-refractivity contribution in [3.8, 4) is 0 Å². The molecule has 1 aromatic carbocycles. The molecule has 142 valence electrons. The smallest absolute Gasteiger partial charge is 0.253 e. The third-order valence-electron chi connectivity index (χ3n) is 5.78. The van der Waals surface area contributed by atoms with E-state index in [4.69, 9.17) is 0 Å². The van der Waals surface area contributed by atoms with Crippen LogP contribution in [-0.2, 0) is 0 Å². The molecule has 26 heavy (non-hydrogen) atoms. The molecule has 0 spiro atoms. The Labute approximate surface area is 170 Å². The van der Waals surface area contributed by atoms with E-state index in [-0.39, 0.29) is 11.9 Å².